The number of rotatable bonds is 7. The summed E-state index contributed by atoms with van der Waals surface area (Å²) in [7, 11) is -0.836. The molecule has 0 saturated carbocycles. The molecule has 2 atom stereocenters. The number of nitrogens with zero attached hydrogens (tertiary/aromatic N) is 1. The van der Waals surface area contributed by atoms with E-state index < -0.39 is 9.84 Å². The molecule has 0 aromatic carbocycles. The maximum Gasteiger partial charge on any atom is 0.151 e. The van der Waals surface area contributed by atoms with Gasteiger partial charge in [-0.3, -0.25) is 0 Å². The van der Waals surface area contributed by atoms with Crippen LogP contribution in [0.1, 0.15) is 33.1 Å². The lowest BCUT2D eigenvalue weighted by Crippen LogP contribution is -2.44. The van der Waals surface area contributed by atoms with Crippen molar-refractivity contribution in [3.05, 3.63) is 0 Å². The molecule has 1 heterocycles. The normalized spacial score (nSPS) is 24.1. The lowest BCUT2D eigenvalue weighted by molar-refractivity contribution is 0.160. The molecule has 1 saturated heterocycles. The molecule has 108 valence electrons. The second-order valence-corrected chi connectivity index (χ2v) is 7.74. The predicted octanol–water partition coefficient (Wildman–Crippen LogP) is 1.13. The van der Waals surface area contributed by atoms with E-state index in [1.165, 1.54) is 12.8 Å². The Hall–Kier alpha value is -0.130. The first-order valence-corrected chi connectivity index (χ1v) is 8.90. The Morgan fingerprint density at radius 2 is 2.11 bits per heavy atom. The molecule has 0 amide bonds. The van der Waals surface area contributed by atoms with Crippen LogP contribution in [0, 0.1) is 5.92 Å². The summed E-state index contributed by atoms with van der Waals surface area (Å²) in [5.41, 5.74) is 0. The average molecular weight is 276 g/mol. The molecule has 5 heteroatoms. The van der Waals surface area contributed by atoms with Crippen LogP contribution in [-0.2, 0) is 9.84 Å². The molecule has 0 aliphatic carbocycles. The number of sulfone groups is 1. The Labute approximate surface area is 112 Å². The largest absolute Gasteiger partial charge is 0.317 e. The minimum Gasteiger partial charge on any atom is -0.317 e. The summed E-state index contributed by atoms with van der Waals surface area (Å²) in [6.45, 7) is 6.92. The average Bonchev–Trinajstić information content (AvgIpc) is 2.36. The zero-order valence-corrected chi connectivity index (χ0v) is 12.8. The van der Waals surface area contributed by atoms with Crippen LogP contribution in [0.4, 0.5) is 0 Å². The van der Waals surface area contributed by atoms with Gasteiger partial charge < -0.3 is 10.2 Å². The van der Waals surface area contributed by atoms with Crippen LogP contribution in [-0.4, -0.2) is 57.5 Å². The van der Waals surface area contributed by atoms with Gasteiger partial charge in [-0.25, -0.2) is 8.42 Å². The molecule has 0 bridgehead atoms. The number of hydrogen-bond donors (Lipinski definition) is 1. The van der Waals surface area contributed by atoms with E-state index in [1.807, 2.05) is 14.0 Å². The summed E-state index contributed by atoms with van der Waals surface area (Å²) in [5.74, 6) is 1.30. The first-order chi connectivity index (χ1) is 8.48. The number of piperidine rings is 1. The SMILES string of the molecule is CCCS(=O)(=O)CCN1CCCC(C(C)NC)C1. The summed E-state index contributed by atoms with van der Waals surface area (Å²) < 4.78 is 23.4. The summed E-state index contributed by atoms with van der Waals surface area (Å²) >= 11 is 0. The van der Waals surface area contributed by atoms with Gasteiger partial charge in [-0.15, -0.1) is 0 Å². The van der Waals surface area contributed by atoms with Gasteiger partial charge in [0.15, 0.2) is 9.84 Å². The quantitative estimate of drug-likeness (QED) is 0.757. The van der Waals surface area contributed by atoms with Gasteiger partial charge in [0, 0.05) is 24.9 Å². The van der Waals surface area contributed by atoms with E-state index in [9.17, 15) is 8.42 Å². The van der Waals surface area contributed by atoms with E-state index in [0.717, 1.165) is 19.5 Å². The zero-order chi connectivity index (χ0) is 13.6. The van der Waals surface area contributed by atoms with Crippen molar-refractivity contribution < 1.29 is 8.42 Å². The molecule has 0 radical (unpaired) electrons. The lowest BCUT2D eigenvalue weighted by atomic mass is 9.92. The van der Waals surface area contributed by atoms with Gasteiger partial charge >= 0.3 is 0 Å². The van der Waals surface area contributed by atoms with Gasteiger partial charge in [0.25, 0.3) is 0 Å². The monoisotopic (exact) mass is 276 g/mol. The van der Waals surface area contributed by atoms with Crippen molar-refractivity contribution in [2.75, 3.05) is 38.2 Å². The number of likely N-dealkylation sites (tertiary alicyclic amines) is 1. The van der Waals surface area contributed by atoms with Gasteiger partial charge in [-0.1, -0.05) is 6.92 Å². The second kappa shape index (κ2) is 7.46. The van der Waals surface area contributed by atoms with Crippen LogP contribution in [0.15, 0.2) is 0 Å². The van der Waals surface area contributed by atoms with Crippen molar-refractivity contribution in [1.29, 1.82) is 0 Å². The van der Waals surface area contributed by atoms with Crippen LogP contribution >= 0.6 is 0 Å². The Balaban J connectivity index is 2.39. The molecule has 1 fully saturated rings. The maximum atomic E-state index is 11.7. The Kier molecular flexibility index (Phi) is 6.60. The fraction of sp³-hybridized carbons (Fsp3) is 1.00. The highest BCUT2D eigenvalue weighted by Crippen LogP contribution is 2.19. The standard InChI is InChI=1S/C13H28N2O2S/c1-4-9-18(16,17)10-8-15-7-5-6-13(11-15)12(2)14-3/h12-14H,4-11H2,1-3H3. The highest BCUT2D eigenvalue weighted by atomic mass is 32.2. The minimum absolute atomic E-state index is 0.321. The second-order valence-electron chi connectivity index (χ2n) is 5.43. The fourth-order valence-electron chi connectivity index (χ4n) is 2.62. The number of nitrogens with one attached hydrogen (secondary N) is 1. The third-order valence-corrected chi connectivity index (χ3v) is 5.77. The topological polar surface area (TPSA) is 49.4 Å². The van der Waals surface area contributed by atoms with E-state index in [4.69, 9.17) is 0 Å². The maximum absolute atomic E-state index is 11.7. The van der Waals surface area contributed by atoms with Gasteiger partial charge in [0.2, 0.25) is 0 Å². The van der Waals surface area contributed by atoms with Crippen molar-refractivity contribution in [3.8, 4) is 0 Å². The molecule has 1 aliphatic heterocycles. The van der Waals surface area contributed by atoms with Crippen LogP contribution in [0.2, 0.25) is 0 Å². The third kappa shape index (κ3) is 5.24. The Bertz CT molecular complexity index is 330. The lowest BCUT2D eigenvalue weighted by Gasteiger charge is -2.35. The fourth-order valence-corrected chi connectivity index (χ4v) is 3.98. The highest BCUT2D eigenvalue weighted by Gasteiger charge is 2.24. The van der Waals surface area contributed by atoms with Crippen LogP contribution in [0.25, 0.3) is 0 Å². The van der Waals surface area contributed by atoms with Crippen LogP contribution in [0.3, 0.4) is 0 Å². The van der Waals surface area contributed by atoms with Gasteiger partial charge in [0.1, 0.15) is 0 Å². The highest BCUT2D eigenvalue weighted by molar-refractivity contribution is 7.91. The summed E-state index contributed by atoms with van der Waals surface area (Å²) in [6.07, 6.45) is 3.16. The first kappa shape index (κ1) is 15.9. The molecule has 2 unspecified atom stereocenters. The Morgan fingerprint density at radius 3 is 2.72 bits per heavy atom. The van der Waals surface area contributed by atoms with E-state index in [0.29, 0.717) is 30.0 Å². The summed E-state index contributed by atoms with van der Waals surface area (Å²) in [6, 6.07) is 0.514. The molecule has 1 aliphatic rings. The van der Waals surface area contributed by atoms with Crippen molar-refractivity contribution in [2.24, 2.45) is 5.92 Å². The number of hydrogen-bond acceptors (Lipinski definition) is 4. The molecular weight excluding hydrogens is 248 g/mol. The molecule has 18 heavy (non-hydrogen) atoms. The zero-order valence-electron chi connectivity index (χ0n) is 12.0. The van der Waals surface area contributed by atoms with Crippen LogP contribution in [0.5, 0.6) is 0 Å². The molecule has 4 nitrogen and oxygen atoms in total. The van der Waals surface area contributed by atoms with Gasteiger partial charge in [0.05, 0.1) is 5.75 Å². The van der Waals surface area contributed by atoms with Crippen molar-refractivity contribution in [3.63, 3.8) is 0 Å². The molecule has 1 rings (SSSR count). The molecule has 1 N–H and O–H groups in total. The molecule has 0 aromatic rings. The van der Waals surface area contributed by atoms with E-state index in [2.05, 4.69) is 17.1 Å². The van der Waals surface area contributed by atoms with E-state index in [-0.39, 0.29) is 0 Å². The summed E-state index contributed by atoms with van der Waals surface area (Å²) in [5, 5.41) is 3.30. The van der Waals surface area contributed by atoms with Gasteiger partial charge in [-0.2, -0.15) is 0 Å². The Morgan fingerprint density at radius 1 is 1.39 bits per heavy atom. The third-order valence-electron chi connectivity index (χ3n) is 3.94. The van der Waals surface area contributed by atoms with Crippen molar-refractivity contribution in [2.45, 2.75) is 39.2 Å². The minimum atomic E-state index is -2.83. The smallest absolute Gasteiger partial charge is 0.151 e. The van der Waals surface area contributed by atoms with Crippen LogP contribution < -0.4 is 5.32 Å². The van der Waals surface area contributed by atoms with Crippen molar-refractivity contribution >= 4 is 9.84 Å². The van der Waals surface area contributed by atoms with Crippen molar-refractivity contribution in [1.82, 2.24) is 10.2 Å². The molecule has 0 spiro atoms. The molecule has 0 aromatic heterocycles. The molecular formula is C13H28N2O2S. The van der Waals surface area contributed by atoms with E-state index in [1.54, 1.807) is 0 Å². The first-order valence-electron chi connectivity index (χ1n) is 7.08. The predicted molar refractivity (Wildman–Crippen MR) is 76.6 cm³/mol. The summed E-state index contributed by atoms with van der Waals surface area (Å²) in [4.78, 5) is 2.31. The van der Waals surface area contributed by atoms with E-state index >= 15 is 0 Å². The van der Waals surface area contributed by atoms with Gasteiger partial charge in [-0.05, 0) is 45.7 Å².